The van der Waals surface area contributed by atoms with Crippen LogP contribution in [0.4, 0.5) is 5.69 Å². The minimum absolute atomic E-state index is 0.106. The number of anilines is 1. The van der Waals surface area contributed by atoms with Crippen molar-refractivity contribution in [2.24, 2.45) is 0 Å². The molecule has 0 amide bonds. The van der Waals surface area contributed by atoms with Crippen LogP contribution < -0.4 is 20.1 Å². The monoisotopic (exact) mass is 326 g/mol. The molecule has 0 unspecified atom stereocenters. The number of hydrogen-bond donors (Lipinski definition) is 2. The summed E-state index contributed by atoms with van der Waals surface area (Å²) in [4.78, 5) is 12.2. The zero-order valence-electron chi connectivity index (χ0n) is 13.8. The van der Waals surface area contributed by atoms with Gasteiger partial charge in [-0.05, 0) is 54.4 Å². The lowest BCUT2D eigenvalue weighted by molar-refractivity contribution is 0.0990. The van der Waals surface area contributed by atoms with Gasteiger partial charge in [0.1, 0.15) is 18.1 Å². The molecule has 0 bridgehead atoms. The Bertz CT molecular complexity index is 698. The van der Waals surface area contributed by atoms with E-state index in [0.717, 1.165) is 35.7 Å². The fourth-order valence-corrected chi connectivity index (χ4v) is 2.70. The number of ketones is 1. The van der Waals surface area contributed by atoms with Gasteiger partial charge in [0.05, 0.1) is 13.7 Å². The summed E-state index contributed by atoms with van der Waals surface area (Å²) in [7, 11) is 1.63. The number of benzene rings is 2. The average Bonchev–Trinajstić information content (AvgIpc) is 3.09. The molecule has 0 saturated carbocycles. The Kier molecular flexibility index (Phi) is 5.33. The van der Waals surface area contributed by atoms with Crippen molar-refractivity contribution in [1.82, 2.24) is 5.32 Å². The van der Waals surface area contributed by atoms with E-state index in [1.807, 2.05) is 42.5 Å². The van der Waals surface area contributed by atoms with Crippen LogP contribution in [0.15, 0.2) is 42.5 Å². The van der Waals surface area contributed by atoms with E-state index in [4.69, 9.17) is 9.47 Å². The van der Waals surface area contributed by atoms with Crippen molar-refractivity contribution in [3.8, 4) is 11.5 Å². The van der Waals surface area contributed by atoms with Crippen LogP contribution in [0.1, 0.15) is 15.9 Å². The predicted molar refractivity (Wildman–Crippen MR) is 94.3 cm³/mol. The Morgan fingerprint density at radius 1 is 1.17 bits per heavy atom. The first-order valence-corrected chi connectivity index (χ1v) is 8.14. The highest BCUT2D eigenvalue weighted by atomic mass is 16.5. The van der Waals surface area contributed by atoms with Crippen LogP contribution in [0.3, 0.4) is 0 Å². The lowest BCUT2D eigenvalue weighted by atomic mass is 10.1. The zero-order valence-corrected chi connectivity index (χ0v) is 13.8. The molecule has 3 rings (SSSR count). The second-order valence-corrected chi connectivity index (χ2v) is 5.67. The molecule has 0 fully saturated rings. The maximum atomic E-state index is 12.2. The lowest BCUT2D eigenvalue weighted by Crippen LogP contribution is -2.27. The molecule has 126 valence electrons. The number of carbonyl (C=O) groups excluding carboxylic acids is 1. The Morgan fingerprint density at radius 3 is 2.75 bits per heavy atom. The predicted octanol–water partition coefficient (Wildman–Crippen LogP) is 2.51. The van der Waals surface area contributed by atoms with Gasteiger partial charge in [-0.25, -0.2) is 0 Å². The number of carbonyl (C=O) groups is 1. The molecule has 5 heteroatoms. The summed E-state index contributed by atoms with van der Waals surface area (Å²) >= 11 is 0. The van der Waals surface area contributed by atoms with Crippen LogP contribution in [0.5, 0.6) is 11.5 Å². The number of Topliss-reactive ketones (excluding diaryl/α,β-unsaturated/α-hetero) is 1. The molecule has 0 spiro atoms. The molecule has 5 nitrogen and oxygen atoms in total. The number of hydrogen-bond acceptors (Lipinski definition) is 5. The molecule has 24 heavy (non-hydrogen) atoms. The molecular weight excluding hydrogens is 304 g/mol. The first kappa shape index (κ1) is 16.3. The van der Waals surface area contributed by atoms with E-state index in [0.29, 0.717) is 19.7 Å². The molecule has 1 heterocycles. The first-order chi connectivity index (χ1) is 11.8. The van der Waals surface area contributed by atoms with Crippen molar-refractivity contribution in [3.63, 3.8) is 0 Å². The topological polar surface area (TPSA) is 59.6 Å². The highest BCUT2D eigenvalue weighted by molar-refractivity contribution is 5.98. The summed E-state index contributed by atoms with van der Waals surface area (Å²) < 4.78 is 10.7. The highest BCUT2D eigenvalue weighted by Gasteiger charge is 2.13. The van der Waals surface area contributed by atoms with E-state index >= 15 is 0 Å². The Hall–Kier alpha value is -2.53. The van der Waals surface area contributed by atoms with E-state index in [-0.39, 0.29) is 5.78 Å². The highest BCUT2D eigenvalue weighted by Crippen LogP contribution is 2.23. The standard InChI is InChI=1S/C19H22N2O3/c1-23-16-3-5-17(6-4-16)24-11-10-20-13-19(22)15-2-7-18-14(12-15)8-9-21-18/h2-7,12,20-21H,8-11,13H2,1H3. The minimum Gasteiger partial charge on any atom is -0.497 e. The lowest BCUT2D eigenvalue weighted by Gasteiger charge is -2.08. The van der Waals surface area contributed by atoms with Gasteiger partial charge in [0.25, 0.3) is 0 Å². The van der Waals surface area contributed by atoms with Crippen LogP contribution in [-0.4, -0.2) is 39.1 Å². The minimum atomic E-state index is 0.106. The SMILES string of the molecule is COc1ccc(OCCNCC(=O)c2ccc3c(c2)CCN3)cc1. The van der Waals surface area contributed by atoms with Crippen molar-refractivity contribution < 1.29 is 14.3 Å². The number of nitrogens with one attached hydrogen (secondary N) is 2. The summed E-state index contributed by atoms with van der Waals surface area (Å²) in [6.45, 7) is 2.39. The van der Waals surface area contributed by atoms with E-state index < -0.39 is 0 Å². The summed E-state index contributed by atoms with van der Waals surface area (Å²) in [5, 5.41) is 6.43. The fraction of sp³-hybridized carbons (Fsp3) is 0.316. The van der Waals surface area contributed by atoms with Crippen LogP contribution in [0, 0.1) is 0 Å². The molecule has 0 aliphatic carbocycles. The molecule has 1 aliphatic rings. The molecule has 2 aromatic carbocycles. The van der Waals surface area contributed by atoms with E-state index in [2.05, 4.69) is 10.6 Å². The Balaban J connectivity index is 1.39. The van der Waals surface area contributed by atoms with Crippen molar-refractivity contribution in [2.75, 3.05) is 38.7 Å². The van der Waals surface area contributed by atoms with Crippen molar-refractivity contribution in [1.29, 1.82) is 0 Å². The Labute approximate surface area is 142 Å². The number of methoxy groups -OCH3 is 1. The van der Waals surface area contributed by atoms with E-state index in [9.17, 15) is 4.79 Å². The molecule has 0 aromatic heterocycles. The van der Waals surface area contributed by atoms with Gasteiger partial charge in [0.2, 0.25) is 0 Å². The van der Waals surface area contributed by atoms with Gasteiger partial charge in [-0.3, -0.25) is 4.79 Å². The summed E-state index contributed by atoms with van der Waals surface area (Å²) in [5.74, 6) is 1.69. The number of ether oxygens (including phenoxy) is 2. The molecule has 2 aromatic rings. The summed E-state index contributed by atoms with van der Waals surface area (Å²) in [5.41, 5.74) is 3.14. The van der Waals surface area contributed by atoms with Gasteiger partial charge in [-0.15, -0.1) is 0 Å². The summed E-state index contributed by atoms with van der Waals surface area (Å²) in [6.07, 6.45) is 0.986. The van der Waals surface area contributed by atoms with Crippen molar-refractivity contribution in [2.45, 2.75) is 6.42 Å². The third-order valence-electron chi connectivity index (χ3n) is 4.03. The van der Waals surface area contributed by atoms with Gasteiger partial charge in [-0.1, -0.05) is 0 Å². The maximum Gasteiger partial charge on any atom is 0.176 e. The second kappa shape index (κ2) is 7.84. The summed E-state index contributed by atoms with van der Waals surface area (Å²) in [6, 6.07) is 13.3. The third-order valence-corrected chi connectivity index (χ3v) is 4.03. The Morgan fingerprint density at radius 2 is 1.96 bits per heavy atom. The zero-order chi connectivity index (χ0) is 16.8. The number of fused-ring (bicyclic) bond motifs is 1. The molecular formula is C19H22N2O3. The molecule has 0 saturated heterocycles. The van der Waals surface area contributed by atoms with Crippen molar-refractivity contribution >= 4 is 11.5 Å². The second-order valence-electron chi connectivity index (χ2n) is 5.67. The van der Waals surface area contributed by atoms with Crippen LogP contribution in [0.25, 0.3) is 0 Å². The van der Waals surface area contributed by atoms with Gasteiger partial charge < -0.3 is 20.1 Å². The van der Waals surface area contributed by atoms with Crippen LogP contribution in [-0.2, 0) is 6.42 Å². The molecule has 2 N–H and O–H groups in total. The maximum absolute atomic E-state index is 12.2. The number of rotatable bonds is 8. The largest absolute Gasteiger partial charge is 0.497 e. The van der Waals surface area contributed by atoms with Crippen LogP contribution in [0.2, 0.25) is 0 Å². The molecule has 1 aliphatic heterocycles. The van der Waals surface area contributed by atoms with E-state index in [1.165, 1.54) is 5.56 Å². The van der Waals surface area contributed by atoms with Gasteiger partial charge in [0, 0.05) is 24.3 Å². The van der Waals surface area contributed by atoms with Gasteiger partial charge in [0.15, 0.2) is 5.78 Å². The third kappa shape index (κ3) is 4.06. The van der Waals surface area contributed by atoms with Gasteiger partial charge in [-0.2, -0.15) is 0 Å². The quantitative estimate of drug-likeness (QED) is 0.577. The smallest absolute Gasteiger partial charge is 0.176 e. The molecule has 0 radical (unpaired) electrons. The first-order valence-electron chi connectivity index (χ1n) is 8.14. The molecule has 0 atom stereocenters. The normalized spacial score (nSPS) is 12.4. The van der Waals surface area contributed by atoms with E-state index in [1.54, 1.807) is 7.11 Å². The average molecular weight is 326 g/mol. The van der Waals surface area contributed by atoms with Gasteiger partial charge >= 0.3 is 0 Å². The fourth-order valence-electron chi connectivity index (χ4n) is 2.70. The van der Waals surface area contributed by atoms with Crippen LogP contribution >= 0.6 is 0 Å². The van der Waals surface area contributed by atoms with Crippen molar-refractivity contribution in [3.05, 3.63) is 53.6 Å².